The van der Waals surface area contributed by atoms with Gasteiger partial charge in [0, 0.05) is 54.2 Å². The Kier molecular flexibility index (Phi) is 29.9. The molecule has 33 heteroatoms. The largest absolute Gasteiger partial charge is 0.481 e. The van der Waals surface area contributed by atoms with Crippen molar-refractivity contribution in [1.29, 1.82) is 0 Å². The highest BCUT2D eigenvalue weighted by molar-refractivity contribution is 7.99. The number of hydrogen-bond donors (Lipinski definition) is 13. The zero-order chi connectivity index (χ0) is 70.7. The second-order valence-corrected chi connectivity index (χ2v) is 29.4. The standard InChI is InChI=1S/C63H95N13O17S3/c1-32(2)17-39-54(84)67-41(23-50(78)79)56(86)71-44(53(83)65-24-51(80)81)29-94-26-36-20-37-22-38(21-36)28-96-31-46(73-52(82)35(7)64)62(92)74-14-8-11-47(74)59(89)68-40(18-33(3)4)55(85)69-42(19-34(5)6)61(91)76-16-10-13-49(76)63(93)75-15-9-12-48(75)60(90)72-45(30-95-27-37)58(88)70-43(25-77)57(87)66-39/h20-22,32-35,39-49,77H,8-19,23-31,64H2,1-7H3,(H,65,83)(H,66,87)(H,67,84)(H,68,89)(H,69,85)(H,70,88)(H,71,86)(H,72,90)(H,73,82)(H,78,79)(H,80,81)/t35-,39-,40-,41-,42-,43-,44-,45-,46-,47-,48-,49-/m0/s1. The van der Waals surface area contributed by atoms with Gasteiger partial charge in [0.15, 0.2) is 0 Å². The summed E-state index contributed by atoms with van der Waals surface area (Å²) < 4.78 is 0. The molecule has 12 atom stereocenters. The van der Waals surface area contributed by atoms with Crippen LogP contribution in [0.1, 0.15) is 129 Å². The van der Waals surface area contributed by atoms with Crippen molar-refractivity contribution in [2.75, 3.05) is 50.0 Å². The zero-order valence-electron chi connectivity index (χ0n) is 55.4. The number of fused-ring (bicyclic) bond motifs is 8. The molecule has 5 heterocycles. The molecule has 0 aromatic heterocycles. The number of carboxylic acids is 2. The number of aliphatic hydroxyl groups excluding tert-OH is 1. The van der Waals surface area contributed by atoms with Crippen molar-refractivity contribution < 1.29 is 82.4 Å². The molecule has 96 heavy (non-hydrogen) atoms. The number of aliphatic carboxylic acids is 2. The molecule has 532 valence electrons. The van der Waals surface area contributed by atoms with Crippen molar-refractivity contribution in [3.63, 3.8) is 0 Å². The Morgan fingerprint density at radius 1 is 0.510 bits per heavy atom. The fourth-order valence-electron chi connectivity index (χ4n) is 12.2. The van der Waals surface area contributed by atoms with Crippen LogP contribution in [0.5, 0.6) is 0 Å². The SMILES string of the molecule is CC(C)C[C@@H]1NC(=O)[C@H](CO)NC(=O)[C@@H]2CSCc3cc(cc(c3)CSC[C@H](NC(=O)[C@H](C)N)C(=O)N3CCC[C@H]3C(=O)N[C@@H](CC(C)C)C(=O)N[C@@H](CC(C)C)C(=O)N3CCC[C@H]3C(=O)N3CCC[C@H]3C(=O)N2)CSC[C@@H](C(=O)NCC(=O)O)NC(=O)[C@H](CC(=O)O)NC1=O. The van der Waals surface area contributed by atoms with E-state index in [0.717, 1.165) is 11.8 Å². The Balaban J connectivity index is 1.46. The van der Waals surface area contributed by atoms with Crippen molar-refractivity contribution in [1.82, 2.24) is 62.6 Å². The summed E-state index contributed by atoms with van der Waals surface area (Å²) in [6, 6.07) is -10.5. The van der Waals surface area contributed by atoms with Gasteiger partial charge in [0.2, 0.25) is 70.9 Å². The quantitative estimate of drug-likeness (QED) is 0.0999. The Labute approximate surface area is 571 Å². The highest BCUT2D eigenvalue weighted by atomic mass is 32.2. The monoisotopic (exact) mass is 1400 g/mol. The number of amides is 12. The fourth-order valence-corrected chi connectivity index (χ4v) is 15.1. The van der Waals surface area contributed by atoms with Crippen LogP contribution in [0.2, 0.25) is 0 Å². The summed E-state index contributed by atoms with van der Waals surface area (Å²) in [5.41, 5.74) is 7.98. The Hall–Kier alpha value is -7.23. The molecule has 0 spiro atoms. The van der Waals surface area contributed by atoms with E-state index in [2.05, 4.69) is 47.9 Å². The lowest BCUT2D eigenvalue weighted by Gasteiger charge is -2.34. The van der Waals surface area contributed by atoms with E-state index in [-0.39, 0.29) is 110 Å². The van der Waals surface area contributed by atoms with Crippen molar-refractivity contribution in [2.45, 2.75) is 202 Å². The number of benzene rings is 1. The first-order chi connectivity index (χ1) is 45.4. The van der Waals surface area contributed by atoms with Crippen molar-refractivity contribution in [3.8, 4) is 0 Å². The van der Waals surface area contributed by atoms with Gasteiger partial charge >= 0.3 is 11.9 Å². The van der Waals surface area contributed by atoms with E-state index in [0.29, 0.717) is 36.0 Å². The lowest BCUT2D eigenvalue weighted by Crippen LogP contribution is -2.61. The average Bonchev–Trinajstić information content (AvgIpc) is 1.62. The van der Waals surface area contributed by atoms with Crippen LogP contribution in [0, 0.1) is 17.8 Å². The predicted octanol–water partition coefficient (Wildman–Crippen LogP) is -1.58. The maximum atomic E-state index is 14.9. The van der Waals surface area contributed by atoms with Gasteiger partial charge in [0.25, 0.3) is 0 Å². The number of carbonyl (C=O) groups excluding carboxylic acids is 12. The van der Waals surface area contributed by atoms with E-state index >= 15 is 0 Å². The summed E-state index contributed by atoms with van der Waals surface area (Å²) in [6.07, 6.45) is 0.993. The van der Waals surface area contributed by atoms with E-state index in [4.69, 9.17) is 5.73 Å². The lowest BCUT2D eigenvalue weighted by molar-refractivity contribution is -0.148. The highest BCUT2D eigenvalue weighted by Gasteiger charge is 2.46. The molecular weight excluding hydrogens is 1310 g/mol. The van der Waals surface area contributed by atoms with Gasteiger partial charge in [-0.1, -0.05) is 59.7 Å². The minimum absolute atomic E-state index is 0.0331. The van der Waals surface area contributed by atoms with Crippen molar-refractivity contribution >= 4 is 118 Å². The highest BCUT2D eigenvalue weighted by Crippen LogP contribution is 2.29. The van der Waals surface area contributed by atoms with Crippen LogP contribution < -0.4 is 53.6 Å². The first-order valence-corrected chi connectivity index (χ1v) is 36.2. The number of nitrogens with zero attached hydrogens (tertiary/aromatic N) is 3. The molecule has 0 radical (unpaired) electrons. The number of thioether (sulfide) groups is 3. The van der Waals surface area contributed by atoms with Crippen LogP contribution in [0.15, 0.2) is 18.2 Å². The molecule has 14 N–H and O–H groups in total. The molecule has 30 nitrogen and oxygen atoms in total. The molecule has 5 aliphatic heterocycles. The van der Waals surface area contributed by atoms with E-state index in [1.165, 1.54) is 45.1 Å². The Morgan fingerprint density at radius 2 is 0.938 bits per heavy atom. The van der Waals surface area contributed by atoms with Crippen molar-refractivity contribution in [3.05, 3.63) is 34.9 Å². The molecule has 5 aliphatic rings. The minimum Gasteiger partial charge on any atom is -0.481 e. The minimum atomic E-state index is -1.87. The van der Waals surface area contributed by atoms with Gasteiger partial charge in [-0.15, -0.1) is 0 Å². The van der Waals surface area contributed by atoms with Crippen molar-refractivity contribution in [2.24, 2.45) is 23.5 Å². The lowest BCUT2D eigenvalue weighted by atomic mass is 9.99. The first-order valence-electron chi connectivity index (χ1n) is 32.7. The van der Waals surface area contributed by atoms with Crippen LogP contribution in [0.25, 0.3) is 0 Å². The molecular formula is C63H95N13O17S3. The maximum Gasteiger partial charge on any atom is 0.322 e. The number of carbonyl (C=O) groups is 14. The molecule has 0 aliphatic carbocycles. The summed E-state index contributed by atoms with van der Waals surface area (Å²) in [4.78, 5) is 201. The third-order valence-corrected chi connectivity index (χ3v) is 20.1. The summed E-state index contributed by atoms with van der Waals surface area (Å²) in [6.45, 7) is 10.8. The summed E-state index contributed by atoms with van der Waals surface area (Å²) in [7, 11) is 0. The van der Waals surface area contributed by atoms with Gasteiger partial charge in [-0.25, -0.2) is 0 Å². The number of rotatable bonds is 14. The average molecular weight is 1400 g/mol. The number of nitrogens with two attached hydrogens (primary N) is 1. The molecule has 3 saturated heterocycles. The number of nitrogens with one attached hydrogen (secondary N) is 9. The van der Waals surface area contributed by atoms with Gasteiger partial charge < -0.3 is 83.6 Å². The molecule has 1 aromatic carbocycles. The Morgan fingerprint density at radius 3 is 1.45 bits per heavy atom. The summed E-state index contributed by atoms with van der Waals surface area (Å²) in [5, 5.41) is 53.5. The normalized spacial score (nSPS) is 27.4. The topological polar surface area (TPSA) is 444 Å². The summed E-state index contributed by atoms with van der Waals surface area (Å²) in [5.74, 6) is -13.1. The number of hydrogen-bond acceptors (Lipinski definition) is 19. The van der Waals surface area contributed by atoms with Gasteiger partial charge in [-0.3, -0.25) is 67.1 Å². The van der Waals surface area contributed by atoms with Crippen LogP contribution >= 0.6 is 35.3 Å². The van der Waals surface area contributed by atoms with Crippen LogP contribution in [0.4, 0.5) is 0 Å². The van der Waals surface area contributed by atoms with Crippen LogP contribution in [-0.2, 0) is 84.4 Å². The summed E-state index contributed by atoms with van der Waals surface area (Å²) >= 11 is 3.56. The van der Waals surface area contributed by atoms with E-state index < -0.39 is 175 Å². The maximum absolute atomic E-state index is 14.9. The van der Waals surface area contributed by atoms with E-state index in [9.17, 15) is 82.4 Å². The van der Waals surface area contributed by atoms with Gasteiger partial charge in [0.05, 0.1) is 19.1 Å². The van der Waals surface area contributed by atoms with Crippen LogP contribution in [0.3, 0.4) is 0 Å². The molecule has 0 saturated carbocycles. The molecule has 4 bridgehead atoms. The second kappa shape index (κ2) is 36.9. The Bertz CT molecular complexity index is 3030. The zero-order valence-corrected chi connectivity index (χ0v) is 57.9. The fraction of sp³-hybridized carbons (Fsp3) is 0.683. The van der Waals surface area contributed by atoms with Crippen LogP contribution in [-0.4, -0.2) is 235 Å². The smallest absolute Gasteiger partial charge is 0.322 e. The third-order valence-electron chi connectivity index (χ3n) is 16.8. The third kappa shape index (κ3) is 22.7. The predicted molar refractivity (Wildman–Crippen MR) is 357 cm³/mol. The number of aliphatic hydroxyl groups is 1. The molecule has 0 unspecified atom stereocenters. The molecule has 6 rings (SSSR count). The number of carboxylic acid groups (broad SMARTS) is 2. The van der Waals surface area contributed by atoms with E-state index in [1.54, 1.807) is 13.8 Å². The van der Waals surface area contributed by atoms with Gasteiger partial charge in [-0.2, -0.15) is 35.3 Å². The molecule has 3 fully saturated rings. The second-order valence-electron chi connectivity index (χ2n) is 26.3. The molecule has 1 aromatic rings. The van der Waals surface area contributed by atoms with E-state index in [1.807, 2.05) is 45.9 Å². The first kappa shape index (κ1) is 77.8. The van der Waals surface area contributed by atoms with Gasteiger partial charge in [0.1, 0.15) is 73.0 Å². The molecule has 12 amide bonds. The van der Waals surface area contributed by atoms with Gasteiger partial charge in [-0.05, 0) is 99.2 Å².